The predicted molar refractivity (Wildman–Crippen MR) is 75.6 cm³/mol. The molecule has 1 rings (SSSR count). The van der Waals surface area contributed by atoms with E-state index in [-0.39, 0.29) is 39.7 Å². The second-order valence-corrected chi connectivity index (χ2v) is 5.51. The van der Waals surface area contributed by atoms with Crippen molar-refractivity contribution in [2.45, 2.75) is 18.2 Å². The fourth-order valence-corrected chi connectivity index (χ4v) is 2.45. The van der Waals surface area contributed by atoms with Gasteiger partial charge in [0, 0.05) is 11.3 Å². The summed E-state index contributed by atoms with van der Waals surface area (Å²) in [5, 5.41) is 12.2. The largest absolute Gasteiger partial charge is 0.395 e. The highest BCUT2D eigenvalue weighted by atomic mass is 35.5. The number of thioether (sulfide) groups is 1. The number of carbonyl (C=O) groups excluding carboxylic acids is 1. The Hall–Kier alpha value is -0.490. The van der Waals surface area contributed by atoms with Gasteiger partial charge in [0.05, 0.1) is 12.2 Å². The summed E-state index contributed by atoms with van der Waals surface area (Å²) in [5.74, 6) is -0.329. The molecule has 0 radical (unpaired) electrons. The number of nitrogens with zero attached hydrogens (tertiary/aromatic N) is 1. The molecule has 0 aliphatic carbocycles. The Morgan fingerprint density at radius 2 is 2.22 bits per heavy atom. The molecule has 1 amide bonds. The van der Waals surface area contributed by atoms with Crippen molar-refractivity contribution in [1.29, 1.82) is 0 Å². The molecule has 1 heterocycles. The van der Waals surface area contributed by atoms with Gasteiger partial charge in [0.25, 0.3) is 5.91 Å². The van der Waals surface area contributed by atoms with E-state index >= 15 is 0 Å². The molecule has 1 aromatic rings. The normalized spacial score (nSPS) is 14.1. The minimum absolute atomic E-state index is 0.00475. The number of aliphatic hydroxyl groups excluding tert-OH is 1. The first-order valence-electron chi connectivity index (χ1n) is 5.26. The van der Waals surface area contributed by atoms with Gasteiger partial charge in [-0.05, 0) is 25.3 Å². The zero-order valence-corrected chi connectivity index (χ0v) is 12.3. The highest BCUT2D eigenvalue weighted by Gasteiger charge is 2.19. The molecule has 0 fully saturated rings. The van der Waals surface area contributed by atoms with Crippen LogP contribution in [0.25, 0.3) is 0 Å². The molecule has 0 aromatic carbocycles. The predicted octanol–water partition coefficient (Wildman–Crippen LogP) is 2.23. The summed E-state index contributed by atoms with van der Waals surface area (Å²) >= 11 is 13.0. The lowest BCUT2D eigenvalue weighted by Crippen LogP contribution is -2.41. The number of aromatic nitrogens is 1. The first-order chi connectivity index (χ1) is 8.49. The second kappa shape index (κ2) is 7.19. The van der Waals surface area contributed by atoms with Crippen molar-refractivity contribution in [3.63, 3.8) is 0 Å². The molecule has 1 aromatic heterocycles. The van der Waals surface area contributed by atoms with Crippen molar-refractivity contribution in [2.75, 3.05) is 12.9 Å². The van der Waals surface area contributed by atoms with Crippen LogP contribution in [0.1, 0.15) is 17.3 Å². The minimum atomic E-state index is -0.329. The lowest BCUT2D eigenvalue weighted by molar-refractivity contribution is 0.0936. The van der Waals surface area contributed by atoms with Crippen LogP contribution in [0.15, 0.2) is 12.1 Å². The number of rotatable bonds is 5. The van der Waals surface area contributed by atoms with Gasteiger partial charge in [-0.25, -0.2) is 4.98 Å². The fourth-order valence-electron chi connectivity index (χ4n) is 1.40. The Kier molecular flexibility index (Phi) is 6.21. The van der Waals surface area contributed by atoms with Crippen LogP contribution in [-0.2, 0) is 0 Å². The van der Waals surface area contributed by atoms with Gasteiger partial charge in [-0.2, -0.15) is 11.8 Å². The Bertz CT molecular complexity index is 428. The number of hydrogen-bond donors (Lipinski definition) is 2. The maximum absolute atomic E-state index is 12.0. The van der Waals surface area contributed by atoms with Gasteiger partial charge < -0.3 is 10.4 Å². The molecule has 0 aliphatic heterocycles. The number of pyridine rings is 1. The zero-order chi connectivity index (χ0) is 13.7. The van der Waals surface area contributed by atoms with Crippen LogP contribution in [0.4, 0.5) is 0 Å². The van der Waals surface area contributed by atoms with E-state index in [0.717, 1.165) is 0 Å². The number of nitrogens with one attached hydrogen (secondary N) is 1. The van der Waals surface area contributed by atoms with Gasteiger partial charge in [0.15, 0.2) is 0 Å². The van der Waals surface area contributed by atoms with Gasteiger partial charge in [0.1, 0.15) is 10.3 Å². The van der Waals surface area contributed by atoms with E-state index in [1.807, 2.05) is 13.2 Å². The van der Waals surface area contributed by atoms with Gasteiger partial charge >= 0.3 is 0 Å². The molecular formula is C11H14Cl2N2O2S. The second-order valence-electron chi connectivity index (χ2n) is 3.69. The Morgan fingerprint density at radius 3 is 2.72 bits per heavy atom. The highest BCUT2D eigenvalue weighted by Crippen LogP contribution is 2.17. The van der Waals surface area contributed by atoms with Crippen LogP contribution in [0.5, 0.6) is 0 Å². The highest BCUT2D eigenvalue weighted by molar-refractivity contribution is 7.99. The SMILES string of the molecule is CSC(CO)C(C)NC(=O)c1ccc(Cl)nc1Cl. The molecule has 0 spiro atoms. The summed E-state index contributed by atoms with van der Waals surface area (Å²) in [4.78, 5) is 15.8. The molecule has 2 unspecified atom stereocenters. The maximum atomic E-state index is 12.0. The summed E-state index contributed by atoms with van der Waals surface area (Å²) in [6, 6.07) is 2.85. The monoisotopic (exact) mass is 308 g/mol. The number of hydrogen-bond acceptors (Lipinski definition) is 4. The fraction of sp³-hybridized carbons (Fsp3) is 0.455. The average Bonchev–Trinajstić information content (AvgIpc) is 2.30. The first-order valence-corrected chi connectivity index (χ1v) is 7.30. The summed E-state index contributed by atoms with van der Waals surface area (Å²) in [6.45, 7) is 1.82. The number of carbonyl (C=O) groups is 1. The molecule has 2 atom stereocenters. The summed E-state index contributed by atoms with van der Waals surface area (Å²) in [6.07, 6.45) is 1.88. The summed E-state index contributed by atoms with van der Waals surface area (Å²) < 4.78 is 0. The molecule has 18 heavy (non-hydrogen) atoms. The first kappa shape index (κ1) is 15.6. The third kappa shape index (κ3) is 4.02. The van der Waals surface area contributed by atoms with E-state index in [1.165, 1.54) is 23.9 Å². The van der Waals surface area contributed by atoms with Crippen molar-refractivity contribution in [2.24, 2.45) is 0 Å². The van der Waals surface area contributed by atoms with Gasteiger partial charge in [0.2, 0.25) is 0 Å². The van der Waals surface area contributed by atoms with Gasteiger partial charge in [-0.15, -0.1) is 0 Å². The average molecular weight is 309 g/mol. The van der Waals surface area contributed by atoms with Crippen molar-refractivity contribution >= 4 is 40.9 Å². The van der Waals surface area contributed by atoms with Gasteiger partial charge in [-0.3, -0.25) is 4.79 Å². The summed E-state index contributed by atoms with van der Waals surface area (Å²) in [5.41, 5.74) is 0.269. The molecule has 0 aliphatic rings. The van der Waals surface area contributed by atoms with Crippen LogP contribution in [0.2, 0.25) is 10.3 Å². The third-order valence-corrected chi connectivity index (χ3v) is 4.12. The molecule has 0 bridgehead atoms. The van der Waals surface area contributed by atoms with Crippen LogP contribution in [0.3, 0.4) is 0 Å². The Labute approximate surface area is 120 Å². The molecule has 7 heteroatoms. The quantitative estimate of drug-likeness (QED) is 0.819. The lowest BCUT2D eigenvalue weighted by Gasteiger charge is -2.21. The Morgan fingerprint density at radius 1 is 1.56 bits per heavy atom. The van der Waals surface area contributed by atoms with Crippen molar-refractivity contribution in [1.82, 2.24) is 10.3 Å². The number of aliphatic hydroxyl groups is 1. The van der Waals surface area contributed by atoms with E-state index in [0.29, 0.717) is 0 Å². The molecule has 100 valence electrons. The molecule has 0 saturated carbocycles. The van der Waals surface area contributed by atoms with E-state index in [9.17, 15) is 4.79 Å². The molecular weight excluding hydrogens is 295 g/mol. The van der Waals surface area contributed by atoms with E-state index in [4.69, 9.17) is 28.3 Å². The zero-order valence-electron chi connectivity index (χ0n) is 9.98. The molecule has 2 N–H and O–H groups in total. The van der Waals surface area contributed by atoms with Crippen LogP contribution in [0, 0.1) is 0 Å². The van der Waals surface area contributed by atoms with Crippen molar-refractivity contribution in [3.8, 4) is 0 Å². The van der Waals surface area contributed by atoms with E-state index in [1.54, 1.807) is 0 Å². The van der Waals surface area contributed by atoms with Crippen LogP contribution >= 0.6 is 35.0 Å². The van der Waals surface area contributed by atoms with Gasteiger partial charge in [-0.1, -0.05) is 23.2 Å². The number of amides is 1. The molecule has 4 nitrogen and oxygen atoms in total. The van der Waals surface area contributed by atoms with Crippen molar-refractivity contribution in [3.05, 3.63) is 28.0 Å². The van der Waals surface area contributed by atoms with E-state index < -0.39 is 0 Å². The standard InChI is InChI=1S/C11H14Cl2N2O2S/c1-6(8(5-16)18-2)14-11(17)7-3-4-9(12)15-10(7)13/h3-4,6,8,16H,5H2,1-2H3,(H,14,17). The maximum Gasteiger partial charge on any atom is 0.254 e. The molecule has 0 saturated heterocycles. The number of halogens is 2. The van der Waals surface area contributed by atoms with Crippen LogP contribution in [-0.4, -0.2) is 40.2 Å². The van der Waals surface area contributed by atoms with Crippen LogP contribution < -0.4 is 5.32 Å². The topological polar surface area (TPSA) is 62.2 Å². The van der Waals surface area contributed by atoms with E-state index in [2.05, 4.69) is 10.3 Å². The smallest absolute Gasteiger partial charge is 0.254 e. The lowest BCUT2D eigenvalue weighted by atomic mass is 10.2. The van der Waals surface area contributed by atoms with Crippen molar-refractivity contribution < 1.29 is 9.90 Å². The third-order valence-electron chi connectivity index (χ3n) is 2.46. The summed E-state index contributed by atoms with van der Waals surface area (Å²) in [7, 11) is 0. The minimum Gasteiger partial charge on any atom is -0.395 e. The Balaban J connectivity index is 2.76.